The van der Waals surface area contributed by atoms with Gasteiger partial charge in [0.25, 0.3) is 0 Å². The third-order valence-corrected chi connectivity index (χ3v) is 2.32. The second-order valence-corrected chi connectivity index (χ2v) is 3.63. The minimum absolute atomic E-state index is 0.470. The lowest BCUT2D eigenvalue weighted by Gasteiger charge is -2.11. The molecule has 2 aromatic rings. The third-order valence-electron chi connectivity index (χ3n) is 2.32. The van der Waals surface area contributed by atoms with Crippen LogP contribution in [-0.4, -0.2) is 19.9 Å². The molecular formula is C14H14N6. The van der Waals surface area contributed by atoms with E-state index < -0.39 is 0 Å². The Morgan fingerprint density at radius 2 is 1.10 bits per heavy atom. The lowest BCUT2D eigenvalue weighted by molar-refractivity contribution is 1.13. The monoisotopic (exact) mass is 266 g/mol. The zero-order valence-electron chi connectivity index (χ0n) is 10.8. The Labute approximate surface area is 117 Å². The molecule has 0 aliphatic rings. The summed E-state index contributed by atoms with van der Waals surface area (Å²) in [5, 5.41) is 6.10. The maximum absolute atomic E-state index is 4.09. The standard InChI is InChI=1S/C14H14N6/c1-3-11(19-13-15-7-5-8-16-13)12(4-2)20-14-17-9-6-10-18-14/h3-10H,1-2H2,(H,15,16,19)(H,17,18,20)/b12-11-. The van der Waals surface area contributed by atoms with Crippen molar-refractivity contribution in [2.45, 2.75) is 0 Å². The van der Waals surface area contributed by atoms with Crippen molar-refractivity contribution >= 4 is 11.9 Å². The maximum atomic E-state index is 4.09. The quantitative estimate of drug-likeness (QED) is 0.782. The molecule has 0 spiro atoms. The van der Waals surface area contributed by atoms with Gasteiger partial charge in [0.15, 0.2) is 0 Å². The smallest absolute Gasteiger partial charge is 0.227 e. The Morgan fingerprint density at radius 1 is 0.750 bits per heavy atom. The van der Waals surface area contributed by atoms with E-state index in [1.54, 1.807) is 49.1 Å². The van der Waals surface area contributed by atoms with E-state index in [-0.39, 0.29) is 0 Å². The molecule has 0 aromatic carbocycles. The minimum Gasteiger partial charge on any atom is -0.322 e. The number of rotatable bonds is 6. The first-order valence-electron chi connectivity index (χ1n) is 5.90. The molecule has 0 aliphatic heterocycles. The molecule has 0 saturated carbocycles. The van der Waals surface area contributed by atoms with Crippen molar-refractivity contribution in [2.24, 2.45) is 0 Å². The maximum Gasteiger partial charge on any atom is 0.227 e. The zero-order chi connectivity index (χ0) is 14.2. The normalized spacial score (nSPS) is 11.2. The first kappa shape index (κ1) is 13.4. The number of nitrogens with one attached hydrogen (secondary N) is 2. The Kier molecular flexibility index (Phi) is 4.55. The average molecular weight is 266 g/mol. The van der Waals surface area contributed by atoms with Crippen LogP contribution in [0.3, 0.4) is 0 Å². The third kappa shape index (κ3) is 3.49. The van der Waals surface area contributed by atoms with Crippen LogP contribution >= 0.6 is 0 Å². The molecule has 2 heterocycles. The number of hydrogen-bond acceptors (Lipinski definition) is 6. The highest BCUT2D eigenvalue weighted by Crippen LogP contribution is 2.11. The number of allylic oxidation sites excluding steroid dienone is 2. The van der Waals surface area contributed by atoms with E-state index in [4.69, 9.17) is 0 Å². The van der Waals surface area contributed by atoms with Crippen LogP contribution in [0.2, 0.25) is 0 Å². The molecule has 20 heavy (non-hydrogen) atoms. The number of anilines is 2. The van der Waals surface area contributed by atoms with Crippen molar-refractivity contribution in [3.05, 3.63) is 73.6 Å². The molecule has 2 aromatic heterocycles. The van der Waals surface area contributed by atoms with Crippen molar-refractivity contribution in [1.82, 2.24) is 19.9 Å². The van der Waals surface area contributed by atoms with Gasteiger partial charge in [-0.25, -0.2) is 19.9 Å². The summed E-state index contributed by atoms with van der Waals surface area (Å²) in [4.78, 5) is 16.4. The van der Waals surface area contributed by atoms with Gasteiger partial charge in [0.05, 0.1) is 11.4 Å². The molecule has 0 bridgehead atoms. The fourth-order valence-electron chi connectivity index (χ4n) is 1.42. The fourth-order valence-corrected chi connectivity index (χ4v) is 1.42. The van der Waals surface area contributed by atoms with Crippen LogP contribution in [0.25, 0.3) is 0 Å². The van der Waals surface area contributed by atoms with Gasteiger partial charge >= 0.3 is 0 Å². The van der Waals surface area contributed by atoms with Crippen molar-refractivity contribution in [3.63, 3.8) is 0 Å². The Hall–Kier alpha value is -3.02. The summed E-state index contributed by atoms with van der Waals surface area (Å²) in [5.74, 6) is 0.940. The lowest BCUT2D eigenvalue weighted by atomic mass is 10.3. The van der Waals surface area contributed by atoms with Gasteiger partial charge in [-0.2, -0.15) is 0 Å². The SMILES string of the molecule is C=C/C(Nc1ncccn1)=C(\C=C)Nc1ncccn1. The van der Waals surface area contributed by atoms with Crippen LogP contribution in [0.4, 0.5) is 11.9 Å². The predicted octanol–water partition coefficient (Wildman–Crippen LogP) is 2.37. The Morgan fingerprint density at radius 3 is 1.40 bits per heavy atom. The second-order valence-electron chi connectivity index (χ2n) is 3.63. The van der Waals surface area contributed by atoms with Gasteiger partial charge in [-0.05, 0) is 24.3 Å². The van der Waals surface area contributed by atoms with E-state index in [9.17, 15) is 0 Å². The summed E-state index contributed by atoms with van der Waals surface area (Å²) in [6.45, 7) is 7.53. The molecule has 0 unspecified atom stereocenters. The van der Waals surface area contributed by atoms with Gasteiger partial charge in [-0.15, -0.1) is 0 Å². The molecule has 6 heteroatoms. The highest BCUT2D eigenvalue weighted by Gasteiger charge is 2.04. The van der Waals surface area contributed by atoms with Gasteiger partial charge in [-0.1, -0.05) is 13.2 Å². The molecule has 0 amide bonds. The van der Waals surface area contributed by atoms with Gasteiger partial charge in [-0.3, -0.25) is 0 Å². The number of nitrogens with zero attached hydrogens (tertiary/aromatic N) is 4. The molecular weight excluding hydrogens is 252 g/mol. The topological polar surface area (TPSA) is 75.6 Å². The lowest BCUT2D eigenvalue weighted by Crippen LogP contribution is -2.10. The summed E-state index contributed by atoms with van der Waals surface area (Å²) >= 11 is 0. The van der Waals surface area contributed by atoms with Gasteiger partial charge in [0.2, 0.25) is 11.9 Å². The first-order chi connectivity index (χ1) is 9.83. The van der Waals surface area contributed by atoms with Gasteiger partial charge in [0.1, 0.15) is 0 Å². The van der Waals surface area contributed by atoms with E-state index in [0.29, 0.717) is 23.3 Å². The molecule has 2 rings (SSSR count). The van der Waals surface area contributed by atoms with Crippen LogP contribution in [0.5, 0.6) is 0 Å². The summed E-state index contributed by atoms with van der Waals surface area (Å²) in [6.07, 6.45) is 9.88. The van der Waals surface area contributed by atoms with Crippen molar-refractivity contribution in [2.75, 3.05) is 10.6 Å². The van der Waals surface area contributed by atoms with E-state index in [0.717, 1.165) is 0 Å². The fraction of sp³-hybridized carbons (Fsp3) is 0. The first-order valence-corrected chi connectivity index (χ1v) is 5.90. The number of aromatic nitrogens is 4. The Balaban J connectivity index is 2.24. The largest absolute Gasteiger partial charge is 0.322 e. The molecule has 2 N–H and O–H groups in total. The highest BCUT2D eigenvalue weighted by molar-refractivity contribution is 5.50. The molecule has 6 nitrogen and oxygen atoms in total. The summed E-state index contributed by atoms with van der Waals surface area (Å²) in [7, 11) is 0. The summed E-state index contributed by atoms with van der Waals surface area (Å²) in [5.41, 5.74) is 1.36. The number of hydrogen-bond donors (Lipinski definition) is 2. The molecule has 0 aliphatic carbocycles. The van der Waals surface area contributed by atoms with Gasteiger partial charge < -0.3 is 10.6 Å². The zero-order valence-corrected chi connectivity index (χ0v) is 10.8. The minimum atomic E-state index is 0.470. The molecule has 0 atom stereocenters. The van der Waals surface area contributed by atoms with E-state index in [2.05, 4.69) is 43.7 Å². The van der Waals surface area contributed by atoms with E-state index >= 15 is 0 Å². The Bertz CT molecular complexity index is 551. The average Bonchev–Trinajstić information content (AvgIpc) is 2.52. The molecule has 100 valence electrons. The summed E-state index contributed by atoms with van der Waals surface area (Å²) < 4.78 is 0. The summed E-state index contributed by atoms with van der Waals surface area (Å²) in [6, 6.07) is 3.49. The van der Waals surface area contributed by atoms with Gasteiger partial charge in [0, 0.05) is 24.8 Å². The molecule has 0 saturated heterocycles. The van der Waals surface area contributed by atoms with Crippen LogP contribution < -0.4 is 10.6 Å². The van der Waals surface area contributed by atoms with Crippen molar-refractivity contribution in [1.29, 1.82) is 0 Å². The molecule has 0 radical (unpaired) electrons. The predicted molar refractivity (Wildman–Crippen MR) is 78.7 cm³/mol. The van der Waals surface area contributed by atoms with Crippen LogP contribution in [0, 0.1) is 0 Å². The van der Waals surface area contributed by atoms with Crippen LogP contribution in [-0.2, 0) is 0 Å². The van der Waals surface area contributed by atoms with Crippen molar-refractivity contribution in [3.8, 4) is 0 Å². The highest BCUT2D eigenvalue weighted by atomic mass is 15.1. The van der Waals surface area contributed by atoms with E-state index in [1.165, 1.54) is 0 Å². The second kappa shape index (κ2) is 6.79. The van der Waals surface area contributed by atoms with Crippen LogP contribution in [0.15, 0.2) is 73.6 Å². The van der Waals surface area contributed by atoms with Crippen molar-refractivity contribution < 1.29 is 0 Å². The molecule has 0 fully saturated rings. The van der Waals surface area contributed by atoms with E-state index in [1.807, 2.05) is 0 Å². The van der Waals surface area contributed by atoms with Crippen LogP contribution in [0.1, 0.15) is 0 Å².